The highest BCUT2D eigenvalue weighted by molar-refractivity contribution is 5.90. The maximum absolute atomic E-state index is 13.3. The first kappa shape index (κ1) is 17.3. The highest BCUT2D eigenvalue weighted by Gasteiger charge is 2.16. The van der Waals surface area contributed by atoms with Crippen molar-refractivity contribution in [1.82, 2.24) is 9.78 Å². The molecule has 1 heterocycles. The predicted octanol–water partition coefficient (Wildman–Crippen LogP) is 3.70. The number of nitro groups is 1. The fourth-order valence-electron chi connectivity index (χ4n) is 2.33. The van der Waals surface area contributed by atoms with Gasteiger partial charge in [0.05, 0.1) is 21.9 Å². The van der Waals surface area contributed by atoms with Crippen LogP contribution in [-0.2, 0) is 6.42 Å². The van der Waals surface area contributed by atoms with Crippen molar-refractivity contribution in [3.63, 3.8) is 0 Å². The Hall–Kier alpha value is -3.55. The van der Waals surface area contributed by atoms with E-state index in [1.165, 1.54) is 47.1 Å². The summed E-state index contributed by atoms with van der Waals surface area (Å²) in [5, 5.41) is 15.1. The lowest BCUT2D eigenvalue weighted by Crippen LogP contribution is -2.12. The van der Waals surface area contributed by atoms with E-state index in [1.54, 1.807) is 6.07 Å². The number of benzene rings is 2. The summed E-state index contributed by atoms with van der Waals surface area (Å²) in [7, 11) is 0. The Bertz CT molecular complexity index is 967. The van der Waals surface area contributed by atoms with Crippen LogP contribution in [0.4, 0.5) is 10.1 Å². The normalized spacial score (nSPS) is 10.5. The lowest BCUT2D eigenvalue weighted by Gasteiger charge is -2.08. The molecule has 2 aromatic carbocycles. The average molecular weight is 355 g/mol. The van der Waals surface area contributed by atoms with E-state index < -0.39 is 16.7 Å². The molecule has 0 radical (unpaired) electrons. The van der Waals surface area contributed by atoms with Gasteiger partial charge in [-0.3, -0.25) is 10.1 Å². The van der Waals surface area contributed by atoms with E-state index in [1.807, 2.05) is 6.92 Å². The molecule has 3 rings (SSSR count). The fourth-order valence-corrected chi connectivity index (χ4v) is 2.33. The van der Waals surface area contributed by atoms with E-state index in [9.17, 15) is 19.3 Å². The first-order valence-corrected chi connectivity index (χ1v) is 7.79. The minimum absolute atomic E-state index is 0.0603. The van der Waals surface area contributed by atoms with Crippen LogP contribution < -0.4 is 4.74 Å². The average Bonchev–Trinajstić information content (AvgIpc) is 3.04. The highest BCUT2D eigenvalue weighted by atomic mass is 19.1. The third-order valence-electron chi connectivity index (χ3n) is 3.65. The topological polar surface area (TPSA) is 87.3 Å². The van der Waals surface area contributed by atoms with E-state index >= 15 is 0 Å². The molecule has 0 aliphatic rings. The summed E-state index contributed by atoms with van der Waals surface area (Å²) in [4.78, 5) is 22.5. The van der Waals surface area contributed by atoms with Gasteiger partial charge in [-0.15, -0.1) is 0 Å². The molecule has 0 unspecified atom stereocenters. The summed E-state index contributed by atoms with van der Waals surface area (Å²) < 4.78 is 20.0. The van der Waals surface area contributed by atoms with Gasteiger partial charge in [-0.05, 0) is 36.8 Å². The summed E-state index contributed by atoms with van der Waals surface area (Å²) in [5.41, 5.74) is 1.18. The number of non-ortho nitro benzene ring substituents is 1. The van der Waals surface area contributed by atoms with Crippen LogP contribution >= 0.6 is 0 Å². The first-order valence-electron chi connectivity index (χ1n) is 7.79. The number of aromatic nitrogens is 2. The van der Waals surface area contributed by atoms with Crippen LogP contribution in [0.15, 0.2) is 54.6 Å². The SMILES string of the molecule is CCc1cc(OC(=O)c2cccc(F)c2)n(-c2ccc([N+](=O)[O-])cc2)n1. The van der Waals surface area contributed by atoms with Gasteiger partial charge in [0.2, 0.25) is 5.88 Å². The molecule has 132 valence electrons. The van der Waals surface area contributed by atoms with Crippen molar-refractivity contribution in [3.8, 4) is 11.6 Å². The highest BCUT2D eigenvalue weighted by Crippen LogP contribution is 2.23. The number of carbonyl (C=O) groups excluding carboxylic acids is 1. The van der Waals surface area contributed by atoms with Crippen LogP contribution in [0.2, 0.25) is 0 Å². The largest absolute Gasteiger partial charge is 0.404 e. The van der Waals surface area contributed by atoms with Gasteiger partial charge in [0.25, 0.3) is 5.69 Å². The van der Waals surface area contributed by atoms with Gasteiger partial charge in [-0.1, -0.05) is 13.0 Å². The summed E-state index contributed by atoms with van der Waals surface area (Å²) in [6.45, 7) is 1.89. The molecule has 0 spiro atoms. The number of hydrogen-bond acceptors (Lipinski definition) is 5. The Morgan fingerprint density at radius 2 is 1.96 bits per heavy atom. The molecule has 0 N–H and O–H groups in total. The number of nitro benzene ring substituents is 1. The Morgan fingerprint density at radius 3 is 2.58 bits per heavy atom. The first-order chi connectivity index (χ1) is 12.5. The van der Waals surface area contributed by atoms with Crippen molar-refractivity contribution in [2.75, 3.05) is 0 Å². The van der Waals surface area contributed by atoms with E-state index in [2.05, 4.69) is 5.10 Å². The van der Waals surface area contributed by atoms with Gasteiger partial charge in [-0.2, -0.15) is 5.10 Å². The summed E-state index contributed by atoms with van der Waals surface area (Å²) >= 11 is 0. The zero-order chi connectivity index (χ0) is 18.7. The summed E-state index contributed by atoms with van der Waals surface area (Å²) in [6, 6.07) is 12.4. The van der Waals surface area contributed by atoms with Crippen molar-refractivity contribution in [3.05, 3.63) is 81.8 Å². The number of halogens is 1. The molecule has 1 aromatic heterocycles. The molecule has 0 bridgehead atoms. The van der Waals surface area contributed by atoms with Crippen LogP contribution in [0.3, 0.4) is 0 Å². The quantitative estimate of drug-likeness (QED) is 0.396. The zero-order valence-corrected chi connectivity index (χ0v) is 13.8. The monoisotopic (exact) mass is 355 g/mol. The third-order valence-corrected chi connectivity index (χ3v) is 3.65. The van der Waals surface area contributed by atoms with Crippen LogP contribution in [0, 0.1) is 15.9 Å². The number of hydrogen-bond donors (Lipinski definition) is 0. The second-order valence-corrected chi connectivity index (χ2v) is 5.41. The second-order valence-electron chi connectivity index (χ2n) is 5.41. The van der Waals surface area contributed by atoms with Crippen LogP contribution in [0.25, 0.3) is 5.69 Å². The Morgan fingerprint density at radius 1 is 1.23 bits per heavy atom. The lowest BCUT2D eigenvalue weighted by atomic mass is 10.2. The standard InChI is InChI=1S/C18H14FN3O4/c1-2-14-11-17(26-18(23)12-4-3-5-13(19)10-12)21(20-14)15-6-8-16(9-7-15)22(24)25/h3-11H,2H2,1H3. The zero-order valence-electron chi connectivity index (χ0n) is 13.8. The van der Waals surface area contributed by atoms with Gasteiger partial charge >= 0.3 is 5.97 Å². The molecule has 8 heteroatoms. The second kappa shape index (κ2) is 7.14. The Labute approximate surface area is 147 Å². The lowest BCUT2D eigenvalue weighted by molar-refractivity contribution is -0.384. The van der Waals surface area contributed by atoms with Gasteiger partial charge < -0.3 is 4.74 Å². The van der Waals surface area contributed by atoms with E-state index in [4.69, 9.17) is 4.74 Å². The maximum Gasteiger partial charge on any atom is 0.344 e. The smallest absolute Gasteiger partial charge is 0.344 e. The van der Waals surface area contributed by atoms with Crippen LogP contribution in [0.1, 0.15) is 23.0 Å². The molecule has 0 saturated carbocycles. The molecular formula is C18H14FN3O4. The molecule has 7 nitrogen and oxygen atoms in total. The molecule has 0 atom stereocenters. The minimum atomic E-state index is -0.727. The molecule has 0 fully saturated rings. The molecule has 3 aromatic rings. The van der Waals surface area contributed by atoms with Crippen molar-refractivity contribution >= 4 is 11.7 Å². The molecular weight excluding hydrogens is 341 g/mol. The molecule has 0 aliphatic carbocycles. The number of nitrogens with zero attached hydrogens (tertiary/aromatic N) is 3. The molecule has 26 heavy (non-hydrogen) atoms. The number of rotatable bonds is 5. The summed E-state index contributed by atoms with van der Waals surface area (Å²) in [6.07, 6.45) is 0.602. The van der Waals surface area contributed by atoms with Crippen molar-refractivity contribution < 1.29 is 18.8 Å². The minimum Gasteiger partial charge on any atom is -0.404 e. The fraction of sp³-hybridized carbons (Fsp3) is 0.111. The number of esters is 1. The number of carbonyl (C=O) groups is 1. The predicted molar refractivity (Wildman–Crippen MR) is 91.0 cm³/mol. The van der Waals surface area contributed by atoms with Gasteiger partial charge in [0, 0.05) is 18.2 Å². The van der Waals surface area contributed by atoms with Crippen LogP contribution in [0.5, 0.6) is 5.88 Å². The third kappa shape index (κ3) is 3.59. The number of aryl methyl sites for hydroxylation is 1. The Kier molecular flexibility index (Phi) is 4.74. The maximum atomic E-state index is 13.3. The van der Waals surface area contributed by atoms with E-state index in [0.717, 1.165) is 6.07 Å². The Balaban J connectivity index is 1.93. The number of ether oxygens (including phenoxy) is 1. The van der Waals surface area contributed by atoms with Crippen molar-refractivity contribution in [2.45, 2.75) is 13.3 Å². The summed E-state index contributed by atoms with van der Waals surface area (Å²) in [5.74, 6) is -1.13. The van der Waals surface area contributed by atoms with E-state index in [0.29, 0.717) is 17.8 Å². The molecule has 0 saturated heterocycles. The molecule has 0 aliphatic heterocycles. The molecule has 0 amide bonds. The van der Waals surface area contributed by atoms with Crippen LogP contribution in [-0.4, -0.2) is 20.7 Å². The van der Waals surface area contributed by atoms with Crippen molar-refractivity contribution in [2.24, 2.45) is 0 Å². The van der Waals surface area contributed by atoms with E-state index in [-0.39, 0.29) is 17.1 Å². The van der Waals surface area contributed by atoms with Gasteiger partial charge in [0.15, 0.2) is 0 Å². The van der Waals surface area contributed by atoms with Gasteiger partial charge in [0.1, 0.15) is 5.82 Å². The van der Waals surface area contributed by atoms with Gasteiger partial charge in [-0.25, -0.2) is 13.9 Å². The van der Waals surface area contributed by atoms with Crippen molar-refractivity contribution in [1.29, 1.82) is 0 Å².